The van der Waals surface area contributed by atoms with Crippen LogP contribution in [-0.2, 0) is 16.0 Å². The second-order valence-corrected chi connectivity index (χ2v) is 5.65. The van der Waals surface area contributed by atoms with Gasteiger partial charge in [0.1, 0.15) is 0 Å². The van der Waals surface area contributed by atoms with Crippen molar-refractivity contribution in [3.63, 3.8) is 0 Å². The van der Waals surface area contributed by atoms with Crippen molar-refractivity contribution in [2.24, 2.45) is 5.73 Å². The Balaban J connectivity index is 2.02. The molecule has 1 aromatic carbocycles. The number of nitrogens with zero attached hydrogens (tertiary/aromatic N) is 1. The van der Waals surface area contributed by atoms with Crippen LogP contribution in [0.25, 0.3) is 0 Å². The molecule has 1 fully saturated rings. The molecule has 1 atom stereocenters. The third kappa shape index (κ3) is 3.33. The van der Waals surface area contributed by atoms with E-state index in [0.29, 0.717) is 26.2 Å². The average molecular weight is 262 g/mol. The molecule has 0 unspecified atom stereocenters. The number of hydrogen-bond donors (Lipinski definition) is 1. The zero-order valence-corrected chi connectivity index (χ0v) is 11.6. The first-order valence-electron chi connectivity index (χ1n) is 6.69. The van der Waals surface area contributed by atoms with Crippen LogP contribution >= 0.6 is 0 Å². The Morgan fingerprint density at radius 3 is 2.74 bits per heavy atom. The fraction of sp³-hybridized carbons (Fsp3) is 0.533. The second kappa shape index (κ2) is 5.72. The van der Waals surface area contributed by atoms with Gasteiger partial charge in [0.2, 0.25) is 5.91 Å². The molecular formula is C15H22N2O2. The number of benzene rings is 1. The standard InChI is InChI=1S/C15H22N2O2/c1-15(2)11-19-9-8-17(15)14(18)13(16)10-12-6-4-3-5-7-12/h3-7,13H,8-11,16H2,1-2H3/t13-/m0/s1. The maximum atomic E-state index is 12.5. The zero-order valence-electron chi connectivity index (χ0n) is 11.6. The van der Waals surface area contributed by atoms with Gasteiger partial charge in [0.15, 0.2) is 0 Å². The van der Waals surface area contributed by atoms with Crippen LogP contribution in [0.4, 0.5) is 0 Å². The first kappa shape index (κ1) is 14.0. The van der Waals surface area contributed by atoms with Gasteiger partial charge < -0.3 is 15.4 Å². The third-order valence-corrected chi connectivity index (χ3v) is 3.53. The van der Waals surface area contributed by atoms with Gasteiger partial charge in [-0.05, 0) is 25.8 Å². The summed E-state index contributed by atoms with van der Waals surface area (Å²) < 4.78 is 5.43. The maximum absolute atomic E-state index is 12.5. The van der Waals surface area contributed by atoms with Crippen molar-refractivity contribution in [1.29, 1.82) is 0 Å². The Labute approximate surface area is 114 Å². The smallest absolute Gasteiger partial charge is 0.240 e. The molecular weight excluding hydrogens is 240 g/mol. The van der Waals surface area contributed by atoms with Crippen LogP contribution in [0.2, 0.25) is 0 Å². The number of carbonyl (C=O) groups is 1. The molecule has 1 aliphatic heterocycles. The summed E-state index contributed by atoms with van der Waals surface area (Å²) in [5.74, 6) is 0.0113. The van der Waals surface area contributed by atoms with Crippen molar-refractivity contribution in [3.05, 3.63) is 35.9 Å². The fourth-order valence-electron chi connectivity index (χ4n) is 2.42. The van der Waals surface area contributed by atoms with Gasteiger partial charge in [-0.15, -0.1) is 0 Å². The molecule has 104 valence electrons. The van der Waals surface area contributed by atoms with Crippen molar-refractivity contribution in [3.8, 4) is 0 Å². The van der Waals surface area contributed by atoms with E-state index in [1.165, 1.54) is 0 Å². The Hall–Kier alpha value is -1.39. The minimum Gasteiger partial charge on any atom is -0.377 e. The van der Waals surface area contributed by atoms with E-state index in [1.807, 2.05) is 49.1 Å². The minimum absolute atomic E-state index is 0.0113. The van der Waals surface area contributed by atoms with E-state index >= 15 is 0 Å². The lowest BCUT2D eigenvalue weighted by Gasteiger charge is -2.43. The molecule has 2 N–H and O–H groups in total. The van der Waals surface area contributed by atoms with Crippen molar-refractivity contribution < 1.29 is 9.53 Å². The monoisotopic (exact) mass is 262 g/mol. The lowest BCUT2D eigenvalue weighted by atomic mass is 9.99. The fourth-order valence-corrected chi connectivity index (χ4v) is 2.42. The quantitative estimate of drug-likeness (QED) is 0.890. The Morgan fingerprint density at radius 2 is 2.11 bits per heavy atom. The highest BCUT2D eigenvalue weighted by Gasteiger charge is 2.36. The molecule has 0 aliphatic carbocycles. The highest BCUT2D eigenvalue weighted by Crippen LogP contribution is 2.20. The molecule has 1 amide bonds. The largest absolute Gasteiger partial charge is 0.377 e. The van der Waals surface area contributed by atoms with E-state index in [2.05, 4.69) is 0 Å². The summed E-state index contributed by atoms with van der Waals surface area (Å²) in [5, 5.41) is 0. The van der Waals surface area contributed by atoms with E-state index < -0.39 is 6.04 Å². The molecule has 1 saturated heterocycles. The normalized spacial score (nSPS) is 20.1. The molecule has 19 heavy (non-hydrogen) atoms. The predicted molar refractivity (Wildman–Crippen MR) is 74.7 cm³/mol. The summed E-state index contributed by atoms with van der Waals surface area (Å²) >= 11 is 0. The SMILES string of the molecule is CC1(C)COCCN1C(=O)[C@@H](N)Cc1ccccc1. The zero-order chi connectivity index (χ0) is 13.9. The van der Waals surface area contributed by atoms with Crippen LogP contribution in [0.1, 0.15) is 19.4 Å². The van der Waals surface area contributed by atoms with Gasteiger partial charge in [0.05, 0.1) is 24.8 Å². The first-order valence-corrected chi connectivity index (χ1v) is 6.69. The maximum Gasteiger partial charge on any atom is 0.240 e. The summed E-state index contributed by atoms with van der Waals surface area (Å²) in [6.45, 7) is 5.80. The predicted octanol–water partition coefficient (Wildman–Crippen LogP) is 1.19. The topological polar surface area (TPSA) is 55.6 Å². The third-order valence-electron chi connectivity index (χ3n) is 3.53. The summed E-state index contributed by atoms with van der Waals surface area (Å²) in [4.78, 5) is 14.3. The number of ether oxygens (including phenoxy) is 1. The molecule has 0 saturated carbocycles. The summed E-state index contributed by atoms with van der Waals surface area (Å²) in [6, 6.07) is 9.40. The number of nitrogens with two attached hydrogens (primary N) is 1. The van der Waals surface area contributed by atoms with Crippen molar-refractivity contribution in [2.45, 2.75) is 31.8 Å². The summed E-state index contributed by atoms with van der Waals surface area (Å²) in [7, 11) is 0. The molecule has 0 spiro atoms. The van der Waals surface area contributed by atoms with Gasteiger partial charge >= 0.3 is 0 Å². The van der Waals surface area contributed by atoms with E-state index in [1.54, 1.807) is 0 Å². The summed E-state index contributed by atoms with van der Waals surface area (Å²) in [5.41, 5.74) is 6.89. The average Bonchev–Trinajstić information content (AvgIpc) is 2.38. The number of rotatable bonds is 3. The van der Waals surface area contributed by atoms with Gasteiger partial charge in [-0.1, -0.05) is 30.3 Å². The highest BCUT2D eigenvalue weighted by molar-refractivity contribution is 5.82. The van der Waals surface area contributed by atoms with E-state index in [-0.39, 0.29) is 11.4 Å². The van der Waals surface area contributed by atoms with Gasteiger partial charge in [0, 0.05) is 6.54 Å². The van der Waals surface area contributed by atoms with E-state index in [0.717, 1.165) is 5.56 Å². The number of amides is 1. The molecule has 2 rings (SSSR count). The lowest BCUT2D eigenvalue weighted by molar-refractivity contribution is -0.147. The minimum atomic E-state index is -0.486. The van der Waals surface area contributed by atoms with Gasteiger partial charge in [-0.2, -0.15) is 0 Å². The molecule has 1 aliphatic rings. The van der Waals surface area contributed by atoms with Crippen LogP contribution in [0.5, 0.6) is 0 Å². The number of carbonyl (C=O) groups excluding carboxylic acids is 1. The number of hydrogen-bond acceptors (Lipinski definition) is 3. The summed E-state index contributed by atoms with van der Waals surface area (Å²) in [6.07, 6.45) is 0.576. The molecule has 1 aromatic rings. The molecule has 0 aromatic heterocycles. The lowest BCUT2D eigenvalue weighted by Crippen LogP contribution is -2.59. The second-order valence-electron chi connectivity index (χ2n) is 5.65. The van der Waals surface area contributed by atoms with Crippen LogP contribution in [-0.4, -0.2) is 42.1 Å². The van der Waals surface area contributed by atoms with Crippen molar-refractivity contribution in [1.82, 2.24) is 4.90 Å². The Kier molecular flexibility index (Phi) is 4.22. The van der Waals surface area contributed by atoms with E-state index in [9.17, 15) is 4.79 Å². The van der Waals surface area contributed by atoms with Crippen LogP contribution in [0.3, 0.4) is 0 Å². The number of morpholine rings is 1. The van der Waals surface area contributed by atoms with E-state index in [4.69, 9.17) is 10.5 Å². The molecule has 0 radical (unpaired) electrons. The highest BCUT2D eigenvalue weighted by atomic mass is 16.5. The van der Waals surface area contributed by atoms with Gasteiger partial charge in [-0.3, -0.25) is 4.79 Å². The Morgan fingerprint density at radius 1 is 1.42 bits per heavy atom. The molecule has 0 bridgehead atoms. The van der Waals surface area contributed by atoms with Crippen LogP contribution in [0.15, 0.2) is 30.3 Å². The molecule has 4 nitrogen and oxygen atoms in total. The Bertz CT molecular complexity index is 431. The van der Waals surface area contributed by atoms with Crippen LogP contribution in [0, 0.1) is 0 Å². The van der Waals surface area contributed by atoms with Gasteiger partial charge in [0.25, 0.3) is 0 Å². The molecule has 1 heterocycles. The van der Waals surface area contributed by atoms with Gasteiger partial charge in [-0.25, -0.2) is 0 Å². The van der Waals surface area contributed by atoms with Crippen molar-refractivity contribution in [2.75, 3.05) is 19.8 Å². The van der Waals surface area contributed by atoms with Crippen LogP contribution < -0.4 is 5.73 Å². The first-order chi connectivity index (χ1) is 9.00. The molecule has 4 heteroatoms. The van der Waals surface area contributed by atoms with Crippen molar-refractivity contribution >= 4 is 5.91 Å².